The molecule has 0 spiro atoms. The summed E-state index contributed by atoms with van der Waals surface area (Å²) in [5, 5.41) is 24.5. The van der Waals surface area contributed by atoms with Gasteiger partial charge >= 0.3 is 11.9 Å². The van der Waals surface area contributed by atoms with Gasteiger partial charge in [-0.2, -0.15) is 0 Å². The van der Waals surface area contributed by atoms with E-state index in [-0.39, 0.29) is 16.8 Å². The van der Waals surface area contributed by atoms with E-state index in [1.54, 1.807) is 27.7 Å². The number of esters is 1. The topological polar surface area (TPSA) is 114 Å². The Kier molecular flexibility index (Phi) is 7.34. The van der Waals surface area contributed by atoms with Crippen molar-refractivity contribution < 1.29 is 29.2 Å². The number of nitrogens with zero attached hydrogens (tertiary/aromatic N) is 3. The molecule has 0 aliphatic heterocycles. The summed E-state index contributed by atoms with van der Waals surface area (Å²) < 4.78 is 4.63. The Morgan fingerprint density at radius 1 is 1.35 bits per heavy atom. The number of ether oxygens (including phenoxy) is 1. The number of likely N-dealkylation sites (N-methyl/N-ethyl adjacent to an activating group) is 1. The predicted octanol–water partition coefficient (Wildman–Crippen LogP) is 0.993. The molecule has 0 aromatic rings. The van der Waals surface area contributed by atoms with Gasteiger partial charge in [0.25, 0.3) is 6.79 Å². The van der Waals surface area contributed by atoms with Crippen LogP contribution in [-0.2, 0) is 19.2 Å². The van der Waals surface area contributed by atoms with Crippen molar-refractivity contribution in [3.63, 3.8) is 0 Å². The smallest absolute Gasteiger partial charge is 0.332 e. The minimum absolute atomic E-state index is 0.00198. The van der Waals surface area contributed by atoms with Crippen LogP contribution in [0.1, 0.15) is 27.7 Å². The third-order valence-electron chi connectivity index (χ3n) is 2.41. The molecule has 9 nitrogen and oxygen atoms in total. The summed E-state index contributed by atoms with van der Waals surface area (Å²) in [5.74, 6) is -2.26. The molecule has 20 heavy (non-hydrogen) atoms. The maximum Gasteiger partial charge on any atom is 0.332 e. The van der Waals surface area contributed by atoms with Crippen LogP contribution < -0.4 is 0 Å². The Labute approximate surface area is 117 Å². The summed E-state index contributed by atoms with van der Waals surface area (Å²) in [5.41, 5.74) is 0. The standard InChI is InChI=1S/C11H21N3O6/c1-7(2)9(10(15)16)13(5)14(18)12-20-6-19-11(17)8(3)4/h7-9H,6H2,1-5H3,(H,15,16)/t9-/m0/s1. The largest absolute Gasteiger partial charge is 0.569 e. The predicted molar refractivity (Wildman–Crippen MR) is 67.0 cm³/mol. The molecule has 116 valence electrons. The Bertz CT molecular complexity index is 369. The van der Waals surface area contributed by atoms with Crippen molar-refractivity contribution in [3.05, 3.63) is 5.21 Å². The van der Waals surface area contributed by atoms with Crippen LogP contribution in [0.5, 0.6) is 0 Å². The highest BCUT2D eigenvalue weighted by atomic mass is 16.8. The van der Waals surface area contributed by atoms with E-state index in [1.807, 2.05) is 0 Å². The van der Waals surface area contributed by atoms with E-state index < -0.39 is 24.8 Å². The number of carbonyl (C=O) groups excluding carboxylic acids is 1. The molecule has 0 aromatic carbocycles. The van der Waals surface area contributed by atoms with Gasteiger partial charge in [-0.15, -0.1) is 5.01 Å². The summed E-state index contributed by atoms with van der Waals surface area (Å²) >= 11 is 0. The monoisotopic (exact) mass is 291 g/mol. The van der Waals surface area contributed by atoms with Crippen LogP contribution in [0.3, 0.4) is 0 Å². The van der Waals surface area contributed by atoms with E-state index in [9.17, 15) is 14.8 Å². The number of carbonyl (C=O) groups is 2. The van der Waals surface area contributed by atoms with Crippen molar-refractivity contribution in [2.75, 3.05) is 13.8 Å². The first-order valence-corrected chi connectivity index (χ1v) is 6.10. The molecule has 9 heteroatoms. The molecule has 0 aromatic heterocycles. The van der Waals surface area contributed by atoms with Gasteiger partial charge in [-0.25, -0.2) is 4.79 Å². The van der Waals surface area contributed by atoms with Crippen LogP contribution >= 0.6 is 0 Å². The third kappa shape index (κ3) is 5.72. The van der Waals surface area contributed by atoms with E-state index in [2.05, 4.69) is 14.9 Å². The Balaban J connectivity index is 4.42. The molecule has 0 amide bonds. The van der Waals surface area contributed by atoms with Crippen LogP contribution in [0.2, 0.25) is 0 Å². The highest BCUT2D eigenvalue weighted by molar-refractivity contribution is 5.73. The fraction of sp³-hybridized carbons (Fsp3) is 0.818. The first-order chi connectivity index (χ1) is 9.18. The fourth-order valence-electron chi connectivity index (χ4n) is 1.36. The van der Waals surface area contributed by atoms with Crippen LogP contribution in [0.15, 0.2) is 5.28 Å². The van der Waals surface area contributed by atoms with Crippen LogP contribution in [-0.4, -0.2) is 46.9 Å². The SMILES string of the molecule is CC(C)C(=O)OCON=[N+]([O-])N(C)[C@H](C(=O)O)C(C)C. The van der Waals surface area contributed by atoms with Crippen LogP contribution in [0, 0.1) is 17.0 Å². The van der Waals surface area contributed by atoms with Gasteiger partial charge in [0.05, 0.1) is 17.9 Å². The average Bonchev–Trinajstić information content (AvgIpc) is 2.32. The highest BCUT2D eigenvalue weighted by Crippen LogP contribution is 2.09. The van der Waals surface area contributed by atoms with Gasteiger partial charge in [-0.1, -0.05) is 27.7 Å². The number of carboxylic acid groups (broad SMARTS) is 1. The number of rotatable bonds is 8. The van der Waals surface area contributed by atoms with E-state index in [4.69, 9.17) is 5.11 Å². The minimum Gasteiger partial charge on any atom is -0.569 e. The summed E-state index contributed by atoms with van der Waals surface area (Å²) in [6.07, 6.45) is 0. The van der Waals surface area contributed by atoms with Gasteiger partial charge < -0.3 is 19.9 Å². The summed E-state index contributed by atoms with van der Waals surface area (Å²) in [6, 6.07) is -1.04. The van der Waals surface area contributed by atoms with Crippen molar-refractivity contribution in [3.8, 4) is 0 Å². The number of hydrogen-bond donors (Lipinski definition) is 1. The fourth-order valence-corrected chi connectivity index (χ4v) is 1.36. The average molecular weight is 291 g/mol. The zero-order chi connectivity index (χ0) is 15.9. The quantitative estimate of drug-likeness (QED) is 0.177. The minimum atomic E-state index is -1.15. The van der Waals surface area contributed by atoms with E-state index in [0.29, 0.717) is 0 Å². The molecule has 0 saturated heterocycles. The molecule has 1 N–H and O–H groups in total. The lowest BCUT2D eigenvalue weighted by Gasteiger charge is -2.22. The second kappa shape index (κ2) is 8.18. The lowest BCUT2D eigenvalue weighted by Crippen LogP contribution is -2.45. The highest BCUT2D eigenvalue weighted by Gasteiger charge is 2.31. The number of hydrazine groups is 1. The molecule has 0 bridgehead atoms. The van der Waals surface area contributed by atoms with Crippen LogP contribution in [0.4, 0.5) is 0 Å². The van der Waals surface area contributed by atoms with Gasteiger partial charge in [-0.3, -0.25) is 4.79 Å². The molecule has 0 radical (unpaired) electrons. The van der Waals surface area contributed by atoms with Crippen LogP contribution in [0.25, 0.3) is 0 Å². The maximum atomic E-state index is 11.5. The van der Waals surface area contributed by atoms with Gasteiger partial charge in [0.15, 0.2) is 6.04 Å². The lowest BCUT2D eigenvalue weighted by molar-refractivity contribution is -0.712. The first kappa shape index (κ1) is 17.9. The van der Waals surface area contributed by atoms with Crippen molar-refractivity contribution >= 4 is 11.9 Å². The van der Waals surface area contributed by atoms with Crippen molar-refractivity contribution in [2.24, 2.45) is 17.1 Å². The Morgan fingerprint density at radius 2 is 1.90 bits per heavy atom. The molecule has 0 heterocycles. The zero-order valence-electron chi connectivity index (χ0n) is 12.3. The molecule has 0 aliphatic carbocycles. The summed E-state index contributed by atoms with van der Waals surface area (Å²) in [4.78, 5) is 26.6. The van der Waals surface area contributed by atoms with E-state index in [1.165, 1.54) is 7.05 Å². The summed E-state index contributed by atoms with van der Waals surface area (Å²) in [7, 11) is 1.28. The second-order valence-corrected chi connectivity index (χ2v) is 4.80. The Hall–Kier alpha value is -2.06. The maximum absolute atomic E-state index is 11.5. The van der Waals surface area contributed by atoms with E-state index in [0.717, 1.165) is 5.01 Å². The molecular weight excluding hydrogens is 270 g/mol. The van der Waals surface area contributed by atoms with Gasteiger partial charge in [0, 0.05) is 0 Å². The number of aliphatic carboxylic acids is 1. The molecular formula is C11H21N3O6. The van der Waals surface area contributed by atoms with E-state index >= 15 is 0 Å². The van der Waals surface area contributed by atoms with Crippen molar-refractivity contribution in [2.45, 2.75) is 33.7 Å². The molecule has 0 unspecified atom stereocenters. The van der Waals surface area contributed by atoms with Crippen molar-refractivity contribution in [1.82, 2.24) is 5.01 Å². The third-order valence-corrected chi connectivity index (χ3v) is 2.41. The lowest BCUT2D eigenvalue weighted by atomic mass is 10.1. The molecule has 0 saturated carbocycles. The zero-order valence-corrected chi connectivity index (χ0v) is 12.3. The molecule has 0 fully saturated rings. The number of carboxylic acids is 1. The normalized spacial score (nSPS) is 13.2. The van der Waals surface area contributed by atoms with Gasteiger partial charge in [0.1, 0.15) is 0 Å². The molecule has 1 atom stereocenters. The van der Waals surface area contributed by atoms with Crippen molar-refractivity contribution in [1.29, 1.82) is 0 Å². The molecule has 0 rings (SSSR count). The number of hydrogen-bond acceptors (Lipinski definition) is 6. The Morgan fingerprint density at radius 3 is 2.30 bits per heavy atom. The summed E-state index contributed by atoms with van der Waals surface area (Å²) in [6.45, 7) is 6.10. The first-order valence-electron chi connectivity index (χ1n) is 6.10. The van der Waals surface area contributed by atoms with Gasteiger partial charge in [-0.05, 0) is 5.92 Å². The molecule has 0 aliphatic rings. The van der Waals surface area contributed by atoms with Gasteiger partial charge in [0.2, 0.25) is 5.28 Å². The second-order valence-electron chi connectivity index (χ2n) is 4.80.